The molecular weight excluding hydrogens is 380 g/mol. The number of benzene rings is 1. The quantitative estimate of drug-likeness (QED) is 0.255. The number of aliphatic imine (C=N–C) groups is 1. The number of rotatable bonds is 7. The number of anilines is 1. The largest absolute Gasteiger partial charge is 0.506 e. The van der Waals surface area contributed by atoms with Crippen molar-refractivity contribution in [1.82, 2.24) is 9.36 Å². The van der Waals surface area contributed by atoms with Crippen LogP contribution in [-0.2, 0) is 9.53 Å². The second-order valence-electron chi connectivity index (χ2n) is 5.51. The highest BCUT2D eigenvalue weighted by molar-refractivity contribution is 7.11. The number of hydrogen-bond donors (Lipinski definition) is 2. The molecule has 0 radical (unpaired) electrons. The molecule has 1 amide bonds. The van der Waals surface area contributed by atoms with Gasteiger partial charge < -0.3 is 15.2 Å². The summed E-state index contributed by atoms with van der Waals surface area (Å²) in [4.78, 5) is 20.0. The SMILES string of the molecule is CCO/C=N/c1cc(O)c(NC(=O)CC)cc1/N=N/c1snc2ncccc12. The lowest BCUT2D eigenvalue weighted by atomic mass is 10.2. The first-order valence-electron chi connectivity index (χ1n) is 8.55. The van der Waals surface area contributed by atoms with Crippen molar-refractivity contribution in [3.8, 4) is 5.75 Å². The summed E-state index contributed by atoms with van der Waals surface area (Å²) in [6, 6.07) is 6.55. The number of amides is 1. The number of phenols is 1. The zero-order valence-electron chi connectivity index (χ0n) is 15.3. The van der Waals surface area contributed by atoms with Crippen molar-refractivity contribution in [2.75, 3.05) is 11.9 Å². The maximum Gasteiger partial charge on any atom is 0.224 e. The molecule has 0 fully saturated rings. The Labute approximate surface area is 165 Å². The first kappa shape index (κ1) is 19.4. The summed E-state index contributed by atoms with van der Waals surface area (Å²) in [5.74, 6) is -0.361. The first-order valence-corrected chi connectivity index (χ1v) is 9.32. The zero-order chi connectivity index (χ0) is 19.9. The molecule has 2 aromatic heterocycles. The Morgan fingerprint density at radius 2 is 2.18 bits per heavy atom. The third-order valence-corrected chi connectivity index (χ3v) is 4.34. The molecule has 1 aromatic carbocycles. The average molecular weight is 398 g/mol. The van der Waals surface area contributed by atoms with Crippen molar-refractivity contribution in [3.05, 3.63) is 30.5 Å². The molecule has 0 saturated heterocycles. The molecule has 0 unspecified atom stereocenters. The van der Waals surface area contributed by atoms with E-state index in [1.54, 1.807) is 19.2 Å². The molecule has 3 aromatic rings. The Balaban J connectivity index is 2.00. The number of nitrogens with zero attached hydrogens (tertiary/aromatic N) is 5. The Kier molecular flexibility index (Phi) is 6.22. The number of ether oxygens (including phenoxy) is 1. The third kappa shape index (κ3) is 4.46. The van der Waals surface area contributed by atoms with Gasteiger partial charge >= 0.3 is 0 Å². The van der Waals surface area contributed by atoms with Crippen LogP contribution in [0.3, 0.4) is 0 Å². The Morgan fingerprint density at radius 1 is 1.32 bits per heavy atom. The van der Waals surface area contributed by atoms with E-state index in [0.717, 1.165) is 5.39 Å². The van der Waals surface area contributed by atoms with Gasteiger partial charge in [0.25, 0.3) is 0 Å². The van der Waals surface area contributed by atoms with E-state index in [0.29, 0.717) is 28.6 Å². The van der Waals surface area contributed by atoms with E-state index in [9.17, 15) is 9.90 Å². The number of aromatic nitrogens is 2. The molecule has 2 N–H and O–H groups in total. The van der Waals surface area contributed by atoms with Crippen molar-refractivity contribution >= 4 is 56.9 Å². The van der Waals surface area contributed by atoms with E-state index in [4.69, 9.17) is 4.74 Å². The normalized spacial score (nSPS) is 11.5. The number of hydrogen-bond acceptors (Lipinski definition) is 9. The van der Waals surface area contributed by atoms with Crippen molar-refractivity contribution in [3.63, 3.8) is 0 Å². The highest BCUT2D eigenvalue weighted by atomic mass is 32.1. The van der Waals surface area contributed by atoms with Gasteiger partial charge in [-0.3, -0.25) is 4.79 Å². The molecule has 0 saturated carbocycles. The molecular formula is C18H18N6O3S. The van der Waals surface area contributed by atoms with Gasteiger partial charge in [-0.15, -0.1) is 10.2 Å². The van der Waals surface area contributed by atoms with Gasteiger partial charge in [-0.25, -0.2) is 9.98 Å². The highest BCUT2D eigenvalue weighted by Crippen LogP contribution is 2.39. The third-order valence-electron chi connectivity index (χ3n) is 3.61. The number of azo groups is 1. The molecule has 0 spiro atoms. The van der Waals surface area contributed by atoms with Crippen LogP contribution < -0.4 is 5.32 Å². The van der Waals surface area contributed by atoms with Gasteiger partial charge in [-0.05, 0) is 36.7 Å². The Hall–Kier alpha value is -3.40. The van der Waals surface area contributed by atoms with Crippen LogP contribution in [0.2, 0.25) is 0 Å². The summed E-state index contributed by atoms with van der Waals surface area (Å²) in [6.07, 6.45) is 3.21. The second-order valence-corrected chi connectivity index (χ2v) is 6.26. The summed E-state index contributed by atoms with van der Waals surface area (Å²) in [6.45, 7) is 4.00. The van der Waals surface area contributed by atoms with Crippen molar-refractivity contribution in [1.29, 1.82) is 0 Å². The van der Waals surface area contributed by atoms with E-state index < -0.39 is 0 Å². The van der Waals surface area contributed by atoms with E-state index in [-0.39, 0.29) is 23.8 Å². The number of carbonyl (C=O) groups excluding carboxylic acids is 1. The minimum absolute atomic E-state index is 0.128. The fourth-order valence-corrected chi connectivity index (χ4v) is 2.85. The molecule has 0 bridgehead atoms. The van der Waals surface area contributed by atoms with E-state index in [2.05, 4.69) is 29.9 Å². The minimum atomic E-state index is -0.233. The number of pyridine rings is 1. The molecule has 0 aliphatic rings. The van der Waals surface area contributed by atoms with Crippen LogP contribution in [0.25, 0.3) is 11.0 Å². The van der Waals surface area contributed by atoms with Crippen molar-refractivity contribution in [2.24, 2.45) is 15.2 Å². The summed E-state index contributed by atoms with van der Waals surface area (Å²) >= 11 is 1.18. The first-order chi connectivity index (χ1) is 13.6. The van der Waals surface area contributed by atoms with Gasteiger partial charge in [0.05, 0.1) is 23.4 Å². The van der Waals surface area contributed by atoms with Gasteiger partial charge in [-0.1, -0.05) is 6.92 Å². The fourth-order valence-electron chi connectivity index (χ4n) is 2.20. The smallest absolute Gasteiger partial charge is 0.224 e. The summed E-state index contributed by atoms with van der Waals surface area (Å²) < 4.78 is 9.35. The molecule has 10 heteroatoms. The second kappa shape index (κ2) is 9.00. The Bertz CT molecular complexity index is 1050. The van der Waals surface area contributed by atoms with Crippen LogP contribution in [0.1, 0.15) is 20.3 Å². The molecule has 2 heterocycles. The lowest BCUT2D eigenvalue weighted by molar-refractivity contribution is -0.115. The van der Waals surface area contributed by atoms with E-state index in [1.807, 2.05) is 13.0 Å². The monoisotopic (exact) mass is 398 g/mol. The minimum Gasteiger partial charge on any atom is -0.506 e. The number of phenolic OH excluding ortho intramolecular Hbond substituents is 1. The lowest BCUT2D eigenvalue weighted by Crippen LogP contribution is -2.09. The van der Waals surface area contributed by atoms with Gasteiger partial charge in [0, 0.05) is 18.7 Å². The van der Waals surface area contributed by atoms with Crippen LogP contribution in [0.4, 0.5) is 22.1 Å². The molecule has 0 atom stereocenters. The van der Waals surface area contributed by atoms with Crippen molar-refractivity contribution in [2.45, 2.75) is 20.3 Å². The Morgan fingerprint density at radius 3 is 2.96 bits per heavy atom. The van der Waals surface area contributed by atoms with Crippen LogP contribution in [-0.4, -0.2) is 33.4 Å². The summed E-state index contributed by atoms with van der Waals surface area (Å²) in [5.41, 5.74) is 1.52. The maximum atomic E-state index is 11.7. The molecule has 144 valence electrons. The standard InChI is InChI=1S/C18H18N6O3S/c1-3-16(26)21-14-8-13(12(9-15(14)25)20-10-27-4-2)22-23-18-11-6-5-7-19-17(11)24-28-18/h5-10,25H,3-4H2,1-2H3,(H,21,26)/b20-10+,23-22+. The molecule has 0 aliphatic carbocycles. The number of carbonyl (C=O) groups is 1. The summed E-state index contributed by atoms with van der Waals surface area (Å²) in [7, 11) is 0. The number of nitrogens with one attached hydrogen (secondary N) is 1. The maximum absolute atomic E-state index is 11.7. The zero-order valence-corrected chi connectivity index (χ0v) is 16.1. The molecule has 3 rings (SSSR count). The predicted octanol–water partition coefficient (Wildman–Crippen LogP) is 4.86. The van der Waals surface area contributed by atoms with Gasteiger partial charge in [0.15, 0.2) is 17.0 Å². The highest BCUT2D eigenvalue weighted by Gasteiger charge is 2.12. The molecule has 28 heavy (non-hydrogen) atoms. The lowest BCUT2D eigenvalue weighted by Gasteiger charge is -2.09. The van der Waals surface area contributed by atoms with Crippen LogP contribution in [0.15, 0.2) is 45.7 Å². The van der Waals surface area contributed by atoms with Gasteiger partial charge in [0.2, 0.25) is 5.91 Å². The topological polar surface area (TPSA) is 121 Å². The number of fused-ring (bicyclic) bond motifs is 1. The van der Waals surface area contributed by atoms with Gasteiger partial charge in [-0.2, -0.15) is 4.37 Å². The van der Waals surface area contributed by atoms with Crippen LogP contribution in [0.5, 0.6) is 5.75 Å². The fraction of sp³-hybridized carbons (Fsp3) is 0.222. The molecule has 0 aliphatic heterocycles. The average Bonchev–Trinajstić information content (AvgIpc) is 3.12. The van der Waals surface area contributed by atoms with Gasteiger partial charge in [0.1, 0.15) is 11.4 Å². The molecule has 9 nitrogen and oxygen atoms in total. The number of aromatic hydroxyl groups is 1. The predicted molar refractivity (Wildman–Crippen MR) is 108 cm³/mol. The van der Waals surface area contributed by atoms with E-state index in [1.165, 1.54) is 30.1 Å². The van der Waals surface area contributed by atoms with Crippen LogP contribution >= 0.6 is 11.5 Å². The van der Waals surface area contributed by atoms with Crippen molar-refractivity contribution < 1.29 is 14.6 Å². The summed E-state index contributed by atoms with van der Waals surface area (Å²) in [5, 5.41) is 22.7. The van der Waals surface area contributed by atoms with E-state index >= 15 is 0 Å². The van der Waals surface area contributed by atoms with Crippen LogP contribution in [0, 0.1) is 0 Å².